The summed E-state index contributed by atoms with van der Waals surface area (Å²) in [4.78, 5) is 11.3. The van der Waals surface area contributed by atoms with Crippen molar-refractivity contribution in [1.82, 2.24) is 4.31 Å². The molecular formula is C22H37NO7S. The third-order valence-electron chi connectivity index (χ3n) is 4.76. The lowest BCUT2D eigenvalue weighted by Crippen LogP contribution is -2.32. The molecule has 0 aliphatic heterocycles. The first-order valence-corrected chi connectivity index (χ1v) is 12.7. The highest BCUT2D eigenvalue weighted by molar-refractivity contribution is 7.88. The predicted octanol–water partition coefficient (Wildman–Crippen LogP) is 2.99. The highest BCUT2D eigenvalue weighted by Crippen LogP contribution is 2.17. The van der Waals surface area contributed by atoms with E-state index in [0.29, 0.717) is 44.7 Å². The zero-order valence-electron chi connectivity index (χ0n) is 18.9. The molecule has 0 aliphatic carbocycles. The second-order valence-electron chi connectivity index (χ2n) is 7.41. The van der Waals surface area contributed by atoms with Crippen LogP contribution in [0.5, 0.6) is 11.5 Å². The van der Waals surface area contributed by atoms with Gasteiger partial charge >= 0.3 is 5.97 Å². The summed E-state index contributed by atoms with van der Waals surface area (Å²) in [5, 5.41) is 10.1. The Morgan fingerprint density at radius 3 is 2.26 bits per heavy atom. The largest absolute Gasteiger partial charge is 0.497 e. The lowest BCUT2D eigenvalue weighted by molar-refractivity contribution is -0.143. The van der Waals surface area contributed by atoms with Gasteiger partial charge < -0.3 is 19.3 Å². The van der Waals surface area contributed by atoms with Gasteiger partial charge in [-0.3, -0.25) is 4.79 Å². The number of aliphatic hydroxyl groups is 1. The number of benzene rings is 1. The minimum absolute atomic E-state index is 0.145. The summed E-state index contributed by atoms with van der Waals surface area (Å²) in [6.07, 6.45) is 5.12. The number of nitrogens with zero attached hydrogens (tertiary/aromatic N) is 1. The summed E-state index contributed by atoms with van der Waals surface area (Å²) in [7, 11) is -1.71. The van der Waals surface area contributed by atoms with Crippen LogP contribution in [0.25, 0.3) is 0 Å². The third-order valence-corrected chi connectivity index (χ3v) is 6.06. The van der Waals surface area contributed by atoms with Gasteiger partial charge in [-0.1, -0.05) is 12.8 Å². The van der Waals surface area contributed by atoms with E-state index >= 15 is 0 Å². The smallest absolute Gasteiger partial charge is 0.305 e. The average Bonchev–Trinajstić information content (AvgIpc) is 2.73. The molecule has 178 valence electrons. The Morgan fingerprint density at radius 2 is 1.65 bits per heavy atom. The predicted molar refractivity (Wildman–Crippen MR) is 120 cm³/mol. The fraction of sp³-hybridized carbons (Fsp3) is 0.682. The van der Waals surface area contributed by atoms with E-state index in [4.69, 9.17) is 14.2 Å². The van der Waals surface area contributed by atoms with Gasteiger partial charge in [0.1, 0.15) is 18.1 Å². The molecule has 1 atom stereocenters. The van der Waals surface area contributed by atoms with E-state index in [2.05, 4.69) is 0 Å². The molecule has 0 amide bonds. The summed E-state index contributed by atoms with van der Waals surface area (Å²) in [6, 6.07) is 7.10. The van der Waals surface area contributed by atoms with Crippen LogP contribution in [0, 0.1) is 0 Å². The number of hydrogen-bond donors (Lipinski definition) is 1. The van der Waals surface area contributed by atoms with Crippen LogP contribution in [0.4, 0.5) is 0 Å². The lowest BCUT2D eigenvalue weighted by atomic mass is 10.1. The zero-order valence-corrected chi connectivity index (χ0v) is 19.7. The van der Waals surface area contributed by atoms with E-state index in [1.165, 1.54) is 10.6 Å². The fourth-order valence-electron chi connectivity index (χ4n) is 3.04. The Hall–Kier alpha value is -1.84. The van der Waals surface area contributed by atoms with E-state index < -0.39 is 16.1 Å². The molecule has 1 aromatic rings. The van der Waals surface area contributed by atoms with Crippen molar-refractivity contribution < 1.29 is 32.5 Å². The van der Waals surface area contributed by atoms with Crippen molar-refractivity contribution in [2.24, 2.45) is 0 Å². The normalized spacial score (nSPS) is 12.5. The molecule has 9 heteroatoms. The molecule has 1 N–H and O–H groups in total. The van der Waals surface area contributed by atoms with Crippen LogP contribution in [0.3, 0.4) is 0 Å². The first kappa shape index (κ1) is 27.2. The highest BCUT2D eigenvalue weighted by atomic mass is 32.2. The van der Waals surface area contributed by atoms with Crippen LogP contribution in [-0.2, 0) is 19.6 Å². The van der Waals surface area contributed by atoms with Crippen LogP contribution in [0.1, 0.15) is 51.9 Å². The maximum Gasteiger partial charge on any atom is 0.305 e. The van der Waals surface area contributed by atoms with Crippen LogP contribution in [-0.4, -0.2) is 69.6 Å². The first-order valence-electron chi connectivity index (χ1n) is 10.8. The topological polar surface area (TPSA) is 102 Å². The van der Waals surface area contributed by atoms with Gasteiger partial charge in [0.05, 0.1) is 26.1 Å². The highest BCUT2D eigenvalue weighted by Gasteiger charge is 2.16. The summed E-state index contributed by atoms with van der Waals surface area (Å²) < 4.78 is 41.0. The van der Waals surface area contributed by atoms with E-state index in [-0.39, 0.29) is 12.6 Å². The summed E-state index contributed by atoms with van der Waals surface area (Å²) in [5.41, 5.74) is 0. The minimum Gasteiger partial charge on any atom is -0.497 e. The van der Waals surface area contributed by atoms with Crippen LogP contribution in [0.2, 0.25) is 0 Å². The fourth-order valence-corrected chi connectivity index (χ4v) is 3.96. The number of aliphatic hydroxyl groups excluding tert-OH is 1. The van der Waals surface area contributed by atoms with Crippen molar-refractivity contribution in [3.05, 3.63) is 24.3 Å². The van der Waals surface area contributed by atoms with E-state index in [0.717, 1.165) is 31.4 Å². The van der Waals surface area contributed by atoms with E-state index in [1.807, 2.05) is 0 Å². The Bertz CT molecular complexity index is 722. The molecule has 0 saturated heterocycles. The molecule has 0 bridgehead atoms. The number of rotatable bonds is 17. The summed E-state index contributed by atoms with van der Waals surface area (Å²) in [6.45, 7) is 3.12. The summed E-state index contributed by atoms with van der Waals surface area (Å²) in [5.74, 6) is 1.18. The first-order chi connectivity index (χ1) is 14.8. The van der Waals surface area contributed by atoms with Crippen molar-refractivity contribution >= 4 is 16.0 Å². The standard InChI is InChI=1S/C22H37NO7S/c1-4-29-22(25)11-7-5-6-8-16-23(31(3,26)27)17-9-10-19(24)18-30-21-14-12-20(28-2)13-15-21/h12-15,19,24H,4-11,16-18H2,1-3H3. The van der Waals surface area contributed by atoms with E-state index in [1.54, 1.807) is 38.3 Å². The minimum atomic E-state index is -3.30. The zero-order chi connectivity index (χ0) is 23.1. The quantitative estimate of drug-likeness (QED) is 0.282. The number of carbonyl (C=O) groups is 1. The lowest BCUT2D eigenvalue weighted by Gasteiger charge is -2.20. The number of unbranched alkanes of at least 4 members (excludes halogenated alkanes) is 3. The van der Waals surface area contributed by atoms with Crippen molar-refractivity contribution in [2.45, 2.75) is 58.0 Å². The van der Waals surface area contributed by atoms with Crippen LogP contribution < -0.4 is 9.47 Å². The van der Waals surface area contributed by atoms with Gasteiger partial charge in [-0.05, 0) is 56.9 Å². The van der Waals surface area contributed by atoms with Crippen molar-refractivity contribution in [1.29, 1.82) is 0 Å². The molecule has 0 spiro atoms. The molecule has 0 saturated carbocycles. The Labute approximate surface area is 186 Å². The molecule has 1 rings (SSSR count). The molecule has 0 aliphatic rings. The number of sulfonamides is 1. The molecule has 0 heterocycles. The number of methoxy groups -OCH3 is 1. The van der Waals surface area contributed by atoms with Gasteiger partial charge in [-0.2, -0.15) is 0 Å². The number of esters is 1. The van der Waals surface area contributed by atoms with Crippen molar-refractivity contribution in [3.8, 4) is 11.5 Å². The molecule has 1 unspecified atom stereocenters. The van der Waals surface area contributed by atoms with E-state index in [9.17, 15) is 18.3 Å². The SMILES string of the molecule is CCOC(=O)CCCCCCN(CCCC(O)COc1ccc(OC)cc1)S(C)(=O)=O. The molecule has 0 fully saturated rings. The van der Waals surface area contributed by atoms with Crippen LogP contribution in [0.15, 0.2) is 24.3 Å². The number of carbonyl (C=O) groups excluding carboxylic acids is 1. The maximum atomic E-state index is 12.0. The third kappa shape index (κ3) is 12.6. The Morgan fingerprint density at radius 1 is 1.03 bits per heavy atom. The molecule has 0 aromatic heterocycles. The van der Waals surface area contributed by atoms with Crippen LogP contribution >= 0.6 is 0 Å². The molecule has 8 nitrogen and oxygen atoms in total. The van der Waals surface area contributed by atoms with Crippen molar-refractivity contribution in [3.63, 3.8) is 0 Å². The molecule has 0 radical (unpaired) electrons. The van der Waals surface area contributed by atoms with Gasteiger partial charge in [0.15, 0.2) is 0 Å². The molecular weight excluding hydrogens is 422 g/mol. The van der Waals surface area contributed by atoms with Gasteiger partial charge in [-0.15, -0.1) is 0 Å². The second-order valence-corrected chi connectivity index (χ2v) is 9.40. The molecule has 31 heavy (non-hydrogen) atoms. The average molecular weight is 460 g/mol. The maximum absolute atomic E-state index is 12.0. The Kier molecular flexibility index (Phi) is 13.2. The second kappa shape index (κ2) is 15.0. The van der Waals surface area contributed by atoms with Gasteiger partial charge in [0.2, 0.25) is 10.0 Å². The number of hydrogen-bond acceptors (Lipinski definition) is 7. The monoisotopic (exact) mass is 459 g/mol. The Balaban J connectivity index is 2.25. The number of ether oxygens (including phenoxy) is 3. The molecule has 1 aromatic carbocycles. The van der Waals surface area contributed by atoms with Gasteiger partial charge in [0.25, 0.3) is 0 Å². The van der Waals surface area contributed by atoms with Gasteiger partial charge in [0, 0.05) is 19.5 Å². The van der Waals surface area contributed by atoms with Gasteiger partial charge in [-0.25, -0.2) is 12.7 Å². The van der Waals surface area contributed by atoms with Crippen molar-refractivity contribution in [2.75, 3.05) is 39.7 Å². The summed E-state index contributed by atoms with van der Waals surface area (Å²) >= 11 is 0.